The summed E-state index contributed by atoms with van der Waals surface area (Å²) < 4.78 is 32.7. The maximum absolute atomic E-state index is 12.9. The second kappa shape index (κ2) is 8.10. The van der Waals surface area contributed by atoms with Gasteiger partial charge in [0.25, 0.3) is 0 Å². The van der Waals surface area contributed by atoms with Gasteiger partial charge in [0.1, 0.15) is 5.75 Å². The van der Waals surface area contributed by atoms with Crippen molar-refractivity contribution in [2.45, 2.75) is 25.2 Å². The van der Waals surface area contributed by atoms with E-state index < -0.39 is 10.0 Å². The molecule has 5 nitrogen and oxygen atoms in total. The number of anilines is 1. The standard InChI is InChI=1S/C20H26N2O3S/c1-3-17-7-5-6-8-20(17)21-13-15-22(16-14-21)26(23,24)19-11-9-18(10-12-19)25-4-2/h5-12H,3-4,13-16H2,1-2H3. The average molecular weight is 375 g/mol. The molecule has 0 spiro atoms. The van der Waals surface area contributed by atoms with Gasteiger partial charge in [-0.15, -0.1) is 0 Å². The number of ether oxygens (including phenoxy) is 1. The normalized spacial score (nSPS) is 15.8. The zero-order chi connectivity index (χ0) is 18.6. The molecule has 6 heteroatoms. The van der Waals surface area contributed by atoms with Crippen LogP contribution in [0.2, 0.25) is 0 Å². The Morgan fingerprint density at radius 3 is 2.19 bits per heavy atom. The van der Waals surface area contributed by atoms with Crippen LogP contribution < -0.4 is 9.64 Å². The highest BCUT2D eigenvalue weighted by molar-refractivity contribution is 7.89. The van der Waals surface area contributed by atoms with E-state index in [1.807, 2.05) is 13.0 Å². The summed E-state index contributed by atoms with van der Waals surface area (Å²) in [5, 5.41) is 0. The molecular weight excluding hydrogens is 348 g/mol. The molecule has 0 bridgehead atoms. The van der Waals surface area contributed by atoms with E-state index in [9.17, 15) is 8.42 Å². The first kappa shape index (κ1) is 18.7. The number of hydrogen-bond donors (Lipinski definition) is 0. The fraction of sp³-hybridized carbons (Fsp3) is 0.400. The number of piperazine rings is 1. The van der Waals surface area contributed by atoms with E-state index >= 15 is 0 Å². The molecule has 3 rings (SSSR count). The fourth-order valence-electron chi connectivity index (χ4n) is 3.31. The van der Waals surface area contributed by atoms with Gasteiger partial charge < -0.3 is 9.64 Å². The number of aryl methyl sites for hydroxylation is 1. The maximum Gasteiger partial charge on any atom is 0.243 e. The van der Waals surface area contributed by atoms with E-state index in [1.54, 1.807) is 28.6 Å². The molecule has 1 saturated heterocycles. The van der Waals surface area contributed by atoms with Crippen LogP contribution in [0.15, 0.2) is 53.4 Å². The highest BCUT2D eigenvalue weighted by Gasteiger charge is 2.29. The van der Waals surface area contributed by atoms with Crippen LogP contribution >= 0.6 is 0 Å². The van der Waals surface area contributed by atoms with Crippen molar-refractivity contribution in [3.63, 3.8) is 0 Å². The molecule has 1 aliphatic heterocycles. The SMILES string of the molecule is CCOc1ccc(S(=O)(=O)N2CCN(c3ccccc3CC)CC2)cc1. The molecule has 26 heavy (non-hydrogen) atoms. The van der Waals surface area contributed by atoms with Crippen molar-refractivity contribution in [3.8, 4) is 5.75 Å². The summed E-state index contributed by atoms with van der Waals surface area (Å²) in [5.74, 6) is 0.687. The molecule has 0 aromatic heterocycles. The lowest BCUT2D eigenvalue weighted by molar-refractivity contribution is 0.340. The van der Waals surface area contributed by atoms with E-state index in [0.717, 1.165) is 6.42 Å². The van der Waals surface area contributed by atoms with Crippen molar-refractivity contribution >= 4 is 15.7 Å². The predicted octanol–water partition coefficient (Wildman–Crippen LogP) is 3.16. The quantitative estimate of drug-likeness (QED) is 0.779. The average Bonchev–Trinajstić information content (AvgIpc) is 2.69. The van der Waals surface area contributed by atoms with Gasteiger partial charge >= 0.3 is 0 Å². The lowest BCUT2D eigenvalue weighted by Gasteiger charge is -2.36. The molecule has 1 aliphatic rings. The molecule has 2 aromatic rings. The summed E-state index contributed by atoms with van der Waals surface area (Å²) in [6.45, 7) is 7.00. The second-order valence-electron chi connectivity index (χ2n) is 6.28. The molecule has 0 aliphatic carbocycles. The van der Waals surface area contributed by atoms with Crippen LogP contribution in [0.1, 0.15) is 19.4 Å². The smallest absolute Gasteiger partial charge is 0.243 e. The molecule has 140 valence electrons. The summed E-state index contributed by atoms with van der Waals surface area (Å²) >= 11 is 0. The summed E-state index contributed by atoms with van der Waals surface area (Å²) in [5.41, 5.74) is 2.52. The maximum atomic E-state index is 12.9. The van der Waals surface area contributed by atoms with Crippen molar-refractivity contribution < 1.29 is 13.2 Å². The molecule has 2 aromatic carbocycles. The molecule has 0 unspecified atom stereocenters. The van der Waals surface area contributed by atoms with Gasteiger partial charge in [0, 0.05) is 31.9 Å². The largest absolute Gasteiger partial charge is 0.494 e. The number of nitrogens with zero attached hydrogens (tertiary/aromatic N) is 2. The van der Waals surface area contributed by atoms with Crippen LogP contribution in [0, 0.1) is 0 Å². The summed E-state index contributed by atoms with van der Waals surface area (Å²) in [6.07, 6.45) is 0.973. The van der Waals surface area contributed by atoms with E-state index in [4.69, 9.17) is 4.74 Å². The predicted molar refractivity (Wildman–Crippen MR) is 104 cm³/mol. The molecule has 1 heterocycles. The van der Waals surface area contributed by atoms with Crippen LogP contribution in [0.25, 0.3) is 0 Å². The van der Waals surface area contributed by atoms with Crippen molar-refractivity contribution in [1.82, 2.24) is 4.31 Å². The van der Waals surface area contributed by atoms with Crippen molar-refractivity contribution in [2.24, 2.45) is 0 Å². The number of rotatable bonds is 6. The molecule has 0 N–H and O–H groups in total. The number of hydrogen-bond acceptors (Lipinski definition) is 4. The molecule has 0 radical (unpaired) electrons. The number of sulfonamides is 1. The molecular formula is C20H26N2O3S. The number of para-hydroxylation sites is 1. The number of benzene rings is 2. The zero-order valence-corrected chi connectivity index (χ0v) is 16.2. The van der Waals surface area contributed by atoms with Crippen LogP contribution in [-0.4, -0.2) is 45.5 Å². The Morgan fingerprint density at radius 2 is 1.58 bits per heavy atom. The Kier molecular flexibility index (Phi) is 5.84. The first-order valence-electron chi connectivity index (χ1n) is 9.12. The lowest BCUT2D eigenvalue weighted by Crippen LogP contribution is -2.48. The Labute approximate surface area is 156 Å². The highest BCUT2D eigenvalue weighted by atomic mass is 32.2. The zero-order valence-electron chi connectivity index (χ0n) is 15.4. The Balaban J connectivity index is 1.70. The minimum atomic E-state index is -3.46. The van der Waals surface area contributed by atoms with Gasteiger partial charge in [0.15, 0.2) is 0 Å². The first-order valence-corrected chi connectivity index (χ1v) is 10.6. The van der Waals surface area contributed by atoms with Crippen molar-refractivity contribution in [2.75, 3.05) is 37.7 Å². The minimum absolute atomic E-state index is 0.323. The third-order valence-corrected chi connectivity index (χ3v) is 6.64. The summed E-state index contributed by atoms with van der Waals surface area (Å²) in [6, 6.07) is 15.0. The Hall–Kier alpha value is -2.05. The van der Waals surface area contributed by atoms with Gasteiger partial charge in [-0.1, -0.05) is 25.1 Å². The van der Waals surface area contributed by atoms with Gasteiger partial charge in [-0.3, -0.25) is 0 Å². The summed E-state index contributed by atoms with van der Waals surface area (Å²) in [7, 11) is -3.46. The molecule has 0 atom stereocenters. The molecule has 0 saturated carbocycles. The Morgan fingerprint density at radius 1 is 0.923 bits per heavy atom. The van der Waals surface area contributed by atoms with E-state index in [1.165, 1.54) is 11.3 Å². The highest BCUT2D eigenvalue weighted by Crippen LogP contribution is 2.25. The van der Waals surface area contributed by atoms with E-state index in [2.05, 4.69) is 30.0 Å². The first-order chi connectivity index (χ1) is 12.6. The third kappa shape index (κ3) is 3.86. The molecule has 1 fully saturated rings. The van der Waals surface area contributed by atoms with Crippen LogP contribution in [0.4, 0.5) is 5.69 Å². The van der Waals surface area contributed by atoms with E-state index in [0.29, 0.717) is 43.4 Å². The van der Waals surface area contributed by atoms with E-state index in [-0.39, 0.29) is 0 Å². The lowest BCUT2D eigenvalue weighted by atomic mass is 10.1. The van der Waals surface area contributed by atoms with Crippen LogP contribution in [-0.2, 0) is 16.4 Å². The topological polar surface area (TPSA) is 49.9 Å². The van der Waals surface area contributed by atoms with Gasteiger partial charge in [0.2, 0.25) is 10.0 Å². The van der Waals surface area contributed by atoms with Crippen LogP contribution in [0.3, 0.4) is 0 Å². The van der Waals surface area contributed by atoms with Crippen molar-refractivity contribution in [1.29, 1.82) is 0 Å². The van der Waals surface area contributed by atoms with Gasteiger partial charge in [0.05, 0.1) is 11.5 Å². The van der Waals surface area contributed by atoms with Crippen molar-refractivity contribution in [3.05, 3.63) is 54.1 Å². The second-order valence-corrected chi connectivity index (χ2v) is 8.22. The monoisotopic (exact) mass is 374 g/mol. The molecule has 0 amide bonds. The van der Waals surface area contributed by atoms with Crippen LogP contribution in [0.5, 0.6) is 5.75 Å². The Bertz CT molecular complexity index is 826. The van der Waals surface area contributed by atoms with Gasteiger partial charge in [-0.05, 0) is 49.2 Å². The fourth-order valence-corrected chi connectivity index (χ4v) is 4.73. The van der Waals surface area contributed by atoms with Gasteiger partial charge in [-0.2, -0.15) is 4.31 Å². The minimum Gasteiger partial charge on any atom is -0.494 e. The third-order valence-electron chi connectivity index (χ3n) is 4.72. The van der Waals surface area contributed by atoms with Gasteiger partial charge in [-0.25, -0.2) is 8.42 Å². The summed E-state index contributed by atoms with van der Waals surface area (Å²) in [4.78, 5) is 2.60.